The van der Waals surface area contributed by atoms with Crippen LogP contribution in [0.2, 0.25) is 0 Å². The predicted octanol–water partition coefficient (Wildman–Crippen LogP) is 1.18. The van der Waals surface area contributed by atoms with Crippen LogP contribution in [0.3, 0.4) is 0 Å². The van der Waals surface area contributed by atoms with Crippen molar-refractivity contribution in [3.63, 3.8) is 0 Å². The van der Waals surface area contributed by atoms with Gasteiger partial charge in [-0.2, -0.15) is 0 Å². The van der Waals surface area contributed by atoms with Gasteiger partial charge < -0.3 is 29.8 Å². The molecule has 0 fully saturated rings. The molecule has 0 saturated heterocycles. The van der Waals surface area contributed by atoms with Crippen LogP contribution in [-0.2, 0) is 33.8 Å². The normalized spacial score (nSPS) is 11.1. The van der Waals surface area contributed by atoms with Gasteiger partial charge in [-0.25, -0.2) is 0 Å². The molecule has 2 rings (SSSR count). The van der Waals surface area contributed by atoms with Gasteiger partial charge in [-0.05, 0) is 29.8 Å². The molecule has 0 bridgehead atoms. The van der Waals surface area contributed by atoms with E-state index < -0.39 is 0 Å². The molecule has 0 aliphatic heterocycles. The number of pyridine rings is 1. The third-order valence-corrected chi connectivity index (χ3v) is 3.79. The zero-order chi connectivity index (χ0) is 18.3. The lowest BCUT2D eigenvalue weighted by Gasteiger charge is -2.11. The van der Waals surface area contributed by atoms with E-state index in [2.05, 4.69) is 33.2 Å². The highest BCUT2D eigenvalue weighted by atomic mass is 16.5. The molecule has 0 unspecified atom stereocenters. The van der Waals surface area contributed by atoms with Crippen molar-refractivity contribution >= 4 is 0 Å². The molecule has 0 radical (unpaired) electrons. The molecule has 0 atom stereocenters. The first-order chi connectivity index (χ1) is 12.9. The lowest BCUT2D eigenvalue weighted by molar-refractivity contribution is 0.0145. The van der Waals surface area contributed by atoms with E-state index in [1.807, 2.05) is 24.5 Å². The Kier molecular flexibility index (Phi) is 10.6. The van der Waals surface area contributed by atoms with Gasteiger partial charge in [0, 0.05) is 50.5 Å². The van der Waals surface area contributed by atoms with Crippen molar-refractivity contribution in [1.82, 2.24) is 14.9 Å². The van der Waals surface area contributed by atoms with Crippen molar-refractivity contribution in [1.29, 1.82) is 0 Å². The van der Waals surface area contributed by atoms with Gasteiger partial charge in [0.15, 0.2) is 0 Å². The molecular weight excluding hydrogens is 332 g/mol. The summed E-state index contributed by atoms with van der Waals surface area (Å²) in [5, 5.41) is 3.45. The number of nitrogens with zero attached hydrogens (tertiary/aromatic N) is 2. The third kappa shape index (κ3) is 8.55. The maximum Gasteiger partial charge on any atom is 0.0701 e. The van der Waals surface area contributed by atoms with E-state index in [0.717, 1.165) is 19.6 Å². The Morgan fingerprint density at radius 3 is 2.31 bits per heavy atom. The molecule has 7 nitrogen and oxygen atoms in total. The third-order valence-electron chi connectivity index (χ3n) is 3.79. The number of rotatable bonds is 15. The summed E-state index contributed by atoms with van der Waals surface area (Å²) in [5.74, 6) is 0. The summed E-state index contributed by atoms with van der Waals surface area (Å²) in [5.41, 5.74) is 7.81. The number of hydrogen-bond donors (Lipinski definition) is 2. The topological polar surface area (TPSA) is 83.6 Å². The summed E-state index contributed by atoms with van der Waals surface area (Å²) < 4.78 is 18.5. The van der Waals surface area contributed by atoms with Gasteiger partial charge >= 0.3 is 0 Å². The van der Waals surface area contributed by atoms with Crippen molar-refractivity contribution < 1.29 is 14.2 Å². The smallest absolute Gasteiger partial charge is 0.0701 e. The average molecular weight is 362 g/mol. The highest BCUT2D eigenvalue weighted by molar-refractivity contribution is 5.10. The van der Waals surface area contributed by atoms with E-state index in [-0.39, 0.29) is 0 Å². The second-order valence-corrected chi connectivity index (χ2v) is 5.78. The van der Waals surface area contributed by atoms with Gasteiger partial charge in [-0.1, -0.05) is 0 Å². The maximum atomic E-state index is 5.63. The fourth-order valence-electron chi connectivity index (χ4n) is 2.45. The first kappa shape index (κ1) is 20.5. The van der Waals surface area contributed by atoms with Crippen molar-refractivity contribution in [3.05, 3.63) is 54.1 Å². The zero-order valence-electron chi connectivity index (χ0n) is 15.3. The van der Waals surface area contributed by atoms with Crippen LogP contribution < -0.4 is 11.1 Å². The molecule has 2 aromatic heterocycles. The molecule has 0 amide bonds. The number of nitrogens with one attached hydrogen (secondary N) is 1. The molecule has 26 heavy (non-hydrogen) atoms. The molecule has 0 saturated carbocycles. The van der Waals surface area contributed by atoms with Crippen LogP contribution in [0.1, 0.15) is 11.3 Å². The Hall–Kier alpha value is -1.77. The van der Waals surface area contributed by atoms with Gasteiger partial charge in [-0.3, -0.25) is 4.98 Å². The second-order valence-electron chi connectivity index (χ2n) is 5.78. The Balaban J connectivity index is 1.52. The molecular formula is C19H30N4O3. The molecule has 144 valence electrons. The molecule has 2 heterocycles. The number of nitrogens with two attached hydrogens (primary N) is 1. The number of hydrogen-bond acceptors (Lipinski definition) is 6. The van der Waals surface area contributed by atoms with Gasteiger partial charge in [0.2, 0.25) is 0 Å². The fourth-order valence-corrected chi connectivity index (χ4v) is 2.45. The summed E-state index contributed by atoms with van der Waals surface area (Å²) in [7, 11) is 0. The Labute approximate surface area is 155 Å². The zero-order valence-corrected chi connectivity index (χ0v) is 15.3. The highest BCUT2D eigenvalue weighted by Gasteiger charge is 2.01. The molecule has 3 N–H and O–H groups in total. The van der Waals surface area contributed by atoms with E-state index in [9.17, 15) is 0 Å². The molecule has 2 aromatic rings. The number of ether oxygens (including phenoxy) is 3. The first-order valence-electron chi connectivity index (χ1n) is 9.07. The first-order valence-corrected chi connectivity index (χ1v) is 9.07. The minimum atomic E-state index is 0.545. The summed E-state index contributed by atoms with van der Waals surface area (Å²) >= 11 is 0. The van der Waals surface area contributed by atoms with Crippen LogP contribution in [-0.4, -0.2) is 55.7 Å². The Morgan fingerprint density at radius 1 is 0.885 bits per heavy atom. The SMILES string of the molecule is NCCOCCOCCOCCn1cccc1CNCc1ccncc1. The standard InChI is InChI=1S/C19H30N4O3/c20-5-10-24-12-14-26-15-13-25-11-9-23-8-1-2-19(23)17-22-16-18-3-6-21-7-4-18/h1-4,6-8,22H,5,9-17,20H2. The van der Waals surface area contributed by atoms with E-state index in [1.165, 1.54) is 11.3 Å². The van der Waals surface area contributed by atoms with E-state index in [1.54, 1.807) is 0 Å². The summed E-state index contributed by atoms with van der Waals surface area (Å²) in [6.45, 7) is 6.60. The van der Waals surface area contributed by atoms with E-state index in [0.29, 0.717) is 46.2 Å². The molecule has 7 heteroatoms. The monoisotopic (exact) mass is 362 g/mol. The molecule has 0 aromatic carbocycles. The Morgan fingerprint density at radius 2 is 1.58 bits per heavy atom. The summed E-state index contributed by atoms with van der Waals surface area (Å²) in [6, 6.07) is 8.23. The van der Waals surface area contributed by atoms with Crippen molar-refractivity contribution in [2.24, 2.45) is 5.73 Å². The van der Waals surface area contributed by atoms with Crippen molar-refractivity contribution in [2.75, 3.05) is 46.2 Å². The molecule has 0 aliphatic rings. The van der Waals surface area contributed by atoms with Crippen molar-refractivity contribution in [2.45, 2.75) is 19.6 Å². The minimum absolute atomic E-state index is 0.545. The summed E-state index contributed by atoms with van der Waals surface area (Å²) in [6.07, 6.45) is 5.71. The minimum Gasteiger partial charge on any atom is -0.378 e. The van der Waals surface area contributed by atoms with Gasteiger partial charge in [0.25, 0.3) is 0 Å². The lowest BCUT2D eigenvalue weighted by atomic mass is 10.2. The van der Waals surface area contributed by atoms with Gasteiger partial charge in [-0.15, -0.1) is 0 Å². The molecule has 0 spiro atoms. The van der Waals surface area contributed by atoms with E-state index in [4.69, 9.17) is 19.9 Å². The van der Waals surface area contributed by atoms with Crippen LogP contribution in [0.5, 0.6) is 0 Å². The van der Waals surface area contributed by atoms with Crippen LogP contribution in [0.25, 0.3) is 0 Å². The fraction of sp³-hybridized carbons (Fsp3) is 0.526. The Bertz CT molecular complexity index is 577. The van der Waals surface area contributed by atoms with E-state index >= 15 is 0 Å². The second kappa shape index (κ2) is 13.4. The highest BCUT2D eigenvalue weighted by Crippen LogP contribution is 2.03. The van der Waals surface area contributed by atoms with Crippen LogP contribution in [0, 0.1) is 0 Å². The van der Waals surface area contributed by atoms with Crippen LogP contribution >= 0.6 is 0 Å². The van der Waals surface area contributed by atoms with Gasteiger partial charge in [0.1, 0.15) is 0 Å². The van der Waals surface area contributed by atoms with Gasteiger partial charge in [0.05, 0.1) is 39.6 Å². The van der Waals surface area contributed by atoms with Crippen LogP contribution in [0.4, 0.5) is 0 Å². The van der Waals surface area contributed by atoms with Crippen LogP contribution in [0.15, 0.2) is 42.9 Å². The predicted molar refractivity (Wildman–Crippen MR) is 101 cm³/mol. The number of aromatic nitrogens is 2. The average Bonchev–Trinajstić information content (AvgIpc) is 3.11. The summed E-state index contributed by atoms with van der Waals surface area (Å²) in [4.78, 5) is 4.03. The van der Waals surface area contributed by atoms with Crippen molar-refractivity contribution in [3.8, 4) is 0 Å². The quantitative estimate of drug-likeness (QED) is 0.463. The largest absolute Gasteiger partial charge is 0.378 e. The maximum absolute atomic E-state index is 5.63. The lowest BCUT2D eigenvalue weighted by Crippen LogP contribution is -2.17. The molecule has 0 aliphatic carbocycles.